The highest BCUT2D eigenvalue weighted by atomic mass is 15.2. The van der Waals surface area contributed by atoms with E-state index in [-0.39, 0.29) is 0 Å². The minimum absolute atomic E-state index is 0.618. The SMILES string of the molecule is C=CC[C@@H]1[C@@H](CCc2ccccc2)CCN(Cc2ccccc2)[C@H]1C. The van der Waals surface area contributed by atoms with Gasteiger partial charge in [-0.1, -0.05) is 66.7 Å². The quantitative estimate of drug-likeness (QED) is 0.586. The molecule has 0 bridgehead atoms. The Morgan fingerprint density at radius 3 is 2.28 bits per heavy atom. The minimum Gasteiger partial charge on any atom is -0.296 e. The van der Waals surface area contributed by atoms with Crippen molar-refractivity contribution in [3.8, 4) is 0 Å². The van der Waals surface area contributed by atoms with Gasteiger partial charge in [0.1, 0.15) is 0 Å². The number of nitrogens with zero attached hydrogens (tertiary/aromatic N) is 1. The topological polar surface area (TPSA) is 3.24 Å². The number of hydrogen-bond donors (Lipinski definition) is 0. The highest BCUT2D eigenvalue weighted by Gasteiger charge is 2.34. The summed E-state index contributed by atoms with van der Waals surface area (Å²) < 4.78 is 0. The molecule has 1 nitrogen and oxygen atoms in total. The van der Waals surface area contributed by atoms with Gasteiger partial charge in [-0.05, 0) is 62.1 Å². The molecule has 1 heterocycles. The van der Waals surface area contributed by atoms with E-state index in [0.29, 0.717) is 6.04 Å². The van der Waals surface area contributed by atoms with E-state index >= 15 is 0 Å². The lowest BCUT2D eigenvalue weighted by Gasteiger charge is -2.44. The smallest absolute Gasteiger partial charge is 0.0236 e. The zero-order chi connectivity index (χ0) is 17.5. The first-order valence-corrected chi connectivity index (χ1v) is 9.70. The highest BCUT2D eigenvalue weighted by molar-refractivity contribution is 5.16. The average Bonchev–Trinajstić information content (AvgIpc) is 2.66. The maximum atomic E-state index is 4.03. The summed E-state index contributed by atoms with van der Waals surface area (Å²) in [6, 6.07) is 22.4. The number of benzene rings is 2. The lowest BCUT2D eigenvalue weighted by atomic mass is 9.75. The second-order valence-electron chi connectivity index (χ2n) is 7.46. The fraction of sp³-hybridized carbons (Fsp3) is 0.417. The number of aryl methyl sites for hydroxylation is 1. The molecule has 1 aliphatic rings. The van der Waals surface area contributed by atoms with Gasteiger partial charge in [0.05, 0.1) is 0 Å². The lowest BCUT2D eigenvalue weighted by Crippen LogP contribution is -2.47. The molecule has 0 N–H and O–H groups in total. The van der Waals surface area contributed by atoms with Gasteiger partial charge in [0.25, 0.3) is 0 Å². The van der Waals surface area contributed by atoms with Crippen LogP contribution in [0.4, 0.5) is 0 Å². The minimum atomic E-state index is 0.618. The van der Waals surface area contributed by atoms with Crippen LogP contribution in [0.3, 0.4) is 0 Å². The molecule has 0 amide bonds. The molecule has 1 saturated heterocycles. The third kappa shape index (κ3) is 4.83. The van der Waals surface area contributed by atoms with Crippen molar-refractivity contribution in [1.29, 1.82) is 0 Å². The van der Waals surface area contributed by atoms with E-state index in [4.69, 9.17) is 0 Å². The Bertz CT molecular complexity index is 632. The molecule has 1 heteroatoms. The van der Waals surface area contributed by atoms with Crippen LogP contribution >= 0.6 is 0 Å². The zero-order valence-electron chi connectivity index (χ0n) is 15.5. The Hall–Kier alpha value is -1.86. The van der Waals surface area contributed by atoms with Gasteiger partial charge < -0.3 is 0 Å². The Morgan fingerprint density at radius 2 is 1.64 bits per heavy atom. The molecule has 25 heavy (non-hydrogen) atoms. The van der Waals surface area contributed by atoms with Crippen LogP contribution < -0.4 is 0 Å². The maximum Gasteiger partial charge on any atom is 0.0236 e. The molecular weight excluding hydrogens is 302 g/mol. The fourth-order valence-corrected chi connectivity index (χ4v) is 4.39. The van der Waals surface area contributed by atoms with Crippen molar-refractivity contribution in [2.24, 2.45) is 11.8 Å². The summed E-state index contributed by atoms with van der Waals surface area (Å²) in [5.74, 6) is 1.53. The van der Waals surface area contributed by atoms with Crippen LogP contribution in [0.15, 0.2) is 73.3 Å². The molecule has 0 spiro atoms. The van der Waals surface area contributed by atoms with Crippen LogP contribution in [0, 0.1) is 11.8 Å². The number of hydrogen-bond acceptors (Lipinski definition) is 1. The molecule has 0 aliphatic carbocycles. The largest absolute Gasteiger partial charge is 0.296 e. The van der Waals surface area contributed by atoms with E-state index in [1.165, 1.54) is 36.9 Å². The molecule has 0 saturated carbocycles. The summed E-state index contributed by atoms with van der Waals surface area (Å²) in [7, 11) is 0. The molecule has 1 aliphatic heterocycles. The van der Waals surface area contributed by atoms with Crippen molar-refractivity contribution in [3.05, 3.63) is 84.4 Å². The van der Waals surface area contributed by atoms with E-state index in [1.54, 1.807) is 0 Å². The van der Waals surface area contributed by atoms with Crippen molar-refractivity contribution in [1.82, 2.24) is 4.90 Å². The molecule has 2 aromatic rings. The summed E-state index contributed by atoms with van der Waals surface area (Å²) in [5.41, 5.74) is 2.90. The second-order valence-corrected chi connectivity index (χ2v) is 7.46. The summed E-state index contributed by atoms with van der Waals surface area (Å²) in [6.45, 7) is 8.74. The predicted molar refractivity (Wildman–Crippen MR) is 107 cm³/mol. The molecule has 3 rings (SSSR count). The van der Waals surface area contributed by atoms with Crippen molar-refractivity contribution >= 4 is 0 Å². The first-order valence-electron chi connectivity index (χ1n) is 9.70. The average molecular weight is 334 g/mol. The first kappa shape index (κ1) is 17.9. The van der Waals surface area contributed by atoms with Gasteiger partial charge in [-0.15, -0.1) is 6.58 Å². The first-order chi connectivity index (χ1) is 12.3. The summed E-state index contributed by atoms with van der Waals surface area (Å²) in [4.78, 5) is 2.67. The molecule has 0 radical (unpaired) electrons. The standard InChI is InChI=1S/C24H31N/c1-3-10-24-20(2)25(19-22-13-8-5-9-14-22)18-17-23(24)16-15-21-11-6-4-7-12-21/h3-9,11-14,20,23-24H,1,10,15-19H2,2H3/t20-,23-,24-/m0/s1. The third-order valence-electron chi connectivity index (χ3n) is 5.90. The van der Waals surface area contributed by atoms with Gasteiger partial charge in [-0.3, -0.25) is 4.90 Å². The Morgan fingerprint density at radius 1 is 1.00 bits per heavy atom. The van der Waals surface area contributed by atoms with Crippen LogP contribution in [-0.4, -0.2) is 17.5 Å². The van der Waals surface area contributed by atoms with Crippen molar-refractivity contribution < 1.29 is 0 Å². The third-order valence-corrected chi connectivity index (χ3v) is 5.90. The molecule has 0 aromatic heterocycles. The van der Waals surface area contributed by atoms with Crippen molar-refractivity contribution in [2.75, 3.05) is 6.54 Å². The Labute approximate surface area is 153 Å². The zero-order valence-corrected chi connectivity index (χ0v) is 15.5. The summed E-state index contributed by atoms with van der Waals surface area (Å²) in [6.07, 6.45) is 7.06. The normalized spacial score (nSPS) is 24.1. The van der Waals surface area contributed by atoms with Crippen LogP contribution in [0.25, 0.3) is 0 Å². The van der Waals surface area contributed by atoms with Gasteiger partial charge in [0, 0.05) is 12.6 Å². The molecule has 3 atom stereocenters. The monoisotopic (exact) mass is 333 g/mol. The number of rotatable bonds is 7. The van der Waals surface area contributed by atoms with E-state index in [2.05, 4.69) is 85.1 Å². The predicted octanol–water partition coefficient (Wildman–Crippen LogP) is 5.72. The highest BCUT2D eigenvalue weighted by Crippen LogP contribution is 2.35. The van der Waals surface area contributed by atoms with Crippen LogP contribution in [0.5, 0.6) is 0 Å². The van der Waals surface area contributed by atoms with E-state index in [9.17, 15) is 0 Å². The van der Waals surface area contributed by atoms with Crippen LogP contribution in [0.1, 0.15) is 37.3 Å². The van der Waals surface area contributed by atoms with Crippen molar-refractivity contribution in [3.63, 3.8) is 0 Å². The van der Waals surface area contributed by atoms with Gasteiger partial charge in [-0.25, -0.2) is 0 Å². The van der Waals surface area contributed by atoms with Gasteiger partial charge in [0.15, 0.2) is 0 Å². The number of likely N-dealkylation sites (tertiary alicyclic amines) is 1. The Kier molecular flexibility index (Phi) is 6.47. The molecular formula is C24H31N. The molecule has 1 fully saturated rings. The number of piperidine rings is 1. The molecule has 0 unspecified atom stereocenters. The van der Waals surface area contributed by atoms with Crippen LogP contribution in [-0.2, 0) is 13.0 Å². The van der Waals surface area contributed by atoms with Gasteiger partial charge >= 0.3 is 0 Å². The van der Waals surface area contributed by atoms with Crippen LogP contribution in [0.2, 0.25) is 0 Å². The molecule has 2 aromatic carbocycles. The van der Waals surface area contributed by atoms with E-state index in [0.717, 1.165) is 24.8 Å². The van der Waals surface area contributed by atoms with Crippen molar-refractivity contribution in [2.45, 2.75) is 45.2 Å². The van der Waals surface area contributed by atoms with Gasteiger partial charge in [0.2, 0.25) is 0 Å². The maximum absolute atomic E-state index is 4.03. The van der Waals surface area contributed by atoms with E-state index < -0.39 is 0 Å². The molecule has 132 valence electrons. The Balaban J connectivity index is 1.63. The number of allylic oxidation sites excluding steroid dienone is 1. The fourth-order valence-electron chi connectivity index (χ4n) is 4.39. The van der Waals surface area contributed by atoms with E-state index in [1.807, 2.05) is 0 Å². The van der Waals surface area contributed by atoms with Gasteiger partial charge in [-0.2, -0.15) is 0 Å². The second kappa shape index (κ2) is 9.01. The lowest BCUT2D eigenvalue weighted by molar-refractivity contribution is 0.0500. The summed E-state index contributed by atoms with van der Waals surface area (Å²) >= 11 is 0. The summed E-state index contributed by atoms with van der Waals surface area (Å²) in [5, 5.41) is 0.